The van der Waals surface area contributed by atoms with Crippen molar-refractivity contribution in [2.75, 3.05) is 5.32 Å². The molecule has 0 fully saturated rings. The average Bonchev–Trinajstić information content (AvgIpc) is 2.46. The summed E-state index contributed by atoms with van der Waals surface area (Å²) in [6.07, 6.45) is -3.37. The highest BCUT2D eigenvalue weighted by molar-refractivity contribution is 5.98. The molecule has 0 aliphatic carbocycles. The van der Waals surface area contributed by atoms with Gasteiger partial charge in [-0.25, -0.2) is 0 Å². The third-order valence-corrected chi connectivity index (χ3v) is 2.77. The molecule has 0 aliphatic rings. The fraction of sp³-hybridized carbons (Fsp3) is 0.333. The molecule has 0 amide bonds. The molecule has 0 radical (unpaired) electrons. The van der Waals surface area contributed by atoms with Gasteiger partial charge in [0.05, 0.1) is 17.3 Å². The van der Waals surface area contributed by atoms with Gasteiger partial charge in [-0.05, 0) is 30.7 Å². The van der Waals surface area contributed by atoms with Crippen LogP contribution in [0.4, 0.5) is 18.9 Å². The number of rotatable bonds is 6. The highest BCUT2D eigenvalue weighted by Gasteiger charge is 2.35. The number of nitrogens with zero attached hydrogens (tertiary/aromatic N) is 1. The molecule has 0 aliphatic heterocycles. The lowest BCUT2D eigenvalue weighted by molar-refractivity contribution is -0.137. The van der Waals surface area contributed by atoms with Crippen molar-refractivity contribution in [2.24, 2.45) is 5.73 Å². The fourth-order valence-electron chi connectivity index (χ4n) is 1.66. The molecule has 22 heavy (non-hydrogen) atoms. The number of hydrogen-bond acceptors (Lipinski definition) is 4. The van der Waals surface area contributed by atoms with Crippen molar-refractivity contribution in [1.82, 2.24) is 0 Å². The molecule has 1 aromatic carbocycles. The first kappa shape index (κ1) is 17.7. The number of benzene rings is 1. The normalized spacial score (nSPS) is 13.4. The van der Waals surface area contributed by atoms with E-state index in [0.29, 0.717) is 23.7 Å². The van der Waals surface area contributed by atoms with Gasteiger partial charge < -0.3 is 11.1 Å². The van der Waals surface area contributed by atoms with E-state index in [1.807, 2.05) is 6.07 Å². The minimum atomic E-state index is -4.63. The largest absolute Gasteiger partial charge is 0.407 e. The summed E-state index contributed by atoms with van der Waals surface area (Å²) in [4.78, 5) is 11.9. The molecule has 1 atom stereocenters. The Morgan fingerprint density at radius 2 is 2.18 bits per heavy atom. The maximum Gasteiger partial charge on any atom is 0.407 e. The molecule has 0 saturated heterocycles. The number of allylic oxidation sites excluding steroid dienone is 1. The number of nitrogens with one attached hydrogen (secondary N) is 1. The summed E-state index contributed by atoms with van der Waals surface area (Å²) in [7, 11) is 0. The highest BCUT2D eigenvalue weighted by Crippen LogP contribution is 2.22. The summed E-state index contributed by atoms with van der Waals surface area (Å²) in [5.74, 6) is -0.468. The Morgan fingerprint density at radius 3 is 2.73 bits per heavy atom. The lowest BCUT2D eigenvalue weighted by Gasteiger charge is -2.15. The minimum absolute atomic E-state index is 0.0986. The van der Waals surface area contributed by atoms with Crippen LogP contribution in [0, 0.1) is 11.3 Å². The first-order valence-electron chi connectivity index (χ1n) is 6.62. The van der Waals surface area contributed by atoms with Gasteiger partial charge in [-0.15, -0.1) is 0 Å². The van der Waals surface area contributed by atoms with Crippen LogP contribution in [0.25, 0.3) is 0 Å². The molecular formula is C15H16F3N3O. The minimum Gasteiger partial charge on any atom is -0.353 e. The van der Waals surface area contributed by atoms with E-state index in [0.717, 1.165) is 0 Å². The number of ketones is 1. The van der Waals surface area contributed by atoms with Crippen LogP contribution in [0.15, 0.2) is 36.0 Å². The first-order valence-corrected chi connectivity index (χ1v) is 6.62. The number of nitrogens with two attached hydrogens (primary N) is 1. The maximum atomic E-state index is 12.6. The molecule has 1 rings (SSSR count). The molecule has 1 aromatic rings. The molecular weight excluding hydrogens is 295 g/mol. The molecule has 0 saturated carbocycles. The summed E-state index contributed by atoms with van der Waals surface area (Å²) in [5, 5.41) is 11.4. The number of carbonyl (C=O) groups excluding carboxylic acids is 1. The van der Waals surface area contributed by atoms with E-state index in [9.17, 15) is 18.0 Å². The van der Waals surface area contributed by atoms with Gasteiger partial charge in [0.15, 0.2) is 5.78 Å². The van der Waals surface area contributed by atoms with Crippen LogP contribution in [0.3, 0.4) is 0 Å². The van der Waals surface area contributed by atoms with Crippen molar-refractivity contribution in [3.05, 3.63) is 41.6 Å². The van der Waals surface area contributed by atoms with E-state index in [-0.39, 0.29) is 12.1 Å². The number of hydrogen-bond donors (Lipinski definition) is 2. The first-order chi connectivity index (χ1) is 10.3. The predicted molar refractivity (Wildman–Crippen MR) is 76.8 cm³/mol. The smallest absolute Gasteiger partial charge is 0.353 e. The van der Waals surface area contributed by atoms with Crippen molar-refractivity contribution < 1.29 is 18.0 Å². The third kappa shape index (κ3) is 5.22. The standard InChI is InChI=1S/C15H16F3N3O/c1-2-4-13(22)12(8-14(20)15(16,17)18)21-11-6-3-5-10(7-11)9-19/h3,5-8,14,21H,2,4,20H2,1H3/b12-8-. The van der Waals surface area contributed by atoms with Gasteiger partial charge in [0.1, 0.15) is 6.04 Å². The molecule has 0 heterocycles. The zero-order chi connectivity index (χ0) is 16.8. The molecule has 3 N–H and O–H groups in total. The summed E-state index contributed by atoms with van der Waals surface area (Å²) >= 11 is 0. The van der Waals surface area contributed by atoms with Crippen molar-refractivity contribution >= 4 is 11.5 Å². The summed E-state index contributed by atoms with van der Waals surface area (Å²) < 4.78 is 37.7. The SMILES string of the molecule is CCCC(=O)/C(=C/C(N)C(F)(F)F)Nc1cccc(C#N)c1. The third-order valence-electron chi connectivity index (χ3n) is 2.77. The number of carbonyl (C=O) groups is 1. The van der Waals surface area contributed by atoms with Crippen molar-refractivity contribution in [3.8, 4) is 6.07 Å². The van der Waals surface area contributed by atoms with Crippen LogP contribution < -0.4 is 11.1 Å². The average molecular weight is 311 g/mol. The summed E-state index contributed by atoms with van der Waals surface area (Å²) in [6.45, 7) is 1.75. The van der Waals surface area contributed by atoms with Gasteiger partial charge >= 0.3 is 6.18 Å². The Morgan fingerprint density at radius 1 is 1.50 bits per heavy atom. The summed E-state index contributed by atoms with van der Waals surface area (Å²) in [6, 6.07) is 5.76. The Bertz CT molecular complexity index is 603. The van der Waals surface area contributed by atoms with E-state index in [1.54, 1.807) is 25.1 Å². The van der Waals surface area contributed by atoms with E-state index in [2.05, 4.69) is 5.32 Å². The molecule has 1 unspecified atom stereocenters. The lowest BCUT2D eigenvalue weighted by atomic mass is 10.1. The van der Waals surface area contributed by atoms with Crippen LogP contribution in [0.2, 0.25) is 0 Å². The van der Waals surface area contributed by atoms with E-state index in [1.165, 1.54) is 6.07 Å². The lowest BCUT2D eigenvalue weighted by Crippen LogP contribution is -2.36. The number of alkyl halides is 3. The van der Waals surface area contributed by atoms with Gasteiger partial charge in [-0.2, -0.15) is 18.4 Å². The van der Waals surface area contributed by atoms with E-state index < -0.39 is 18.0 Å². The topological polar surface area (TPSA) is 78.9 Å². The van der Waals surface area contributed by atoms with Crippen LogP contribution in [-0.4, -0.2) is 18.0 Å². The van der Waals surface area contributed by atoms with Crippen LogP contribution in [0.5, 0.6) is 0 Å². The Kier molecular flexibility index (Phi) is 6.13. The Balaban J connectivity index is 3.08. The molecule has 0 bridgehead atoms. The van der Waals surface area contributed by atoms with Gasteiger partial charge in [0, 0.05) is 12.1 Å². The van der Waals surface area contributed by atoms with E-state index >= 15 is 0 Å². The molecule has 0 spiro atoms. The highest BCUT2D eigenvalue weighted by atomic mass is 19.4. The van der Waals surface area contributed by atoms with E-state index in [4.69, 9.17) is 11.0 Å². The molecule has 118 valence electrons. The fourth-order valence-corrected chi connectivity index (χ4v) is 1.66. The van der Waals surface area contributed by atoms with Crippen molar-refractivity contribution in [1.29, 1.82) is 5.26 Å². The van der Waals surface area contributed by atoms with Crippen molar-refractivity contribution in [2.45, 2.75) is 32.0 Å². The van der Waals surface area contributed by atoms with Gasteiger partial charge in [-0.1, -0.05) is 13.0 Å². The second kappa shape index (κ2) is 7.61. The Hall–Kier alpha value is -2.33. The second-order valence-corrected chi connectivity index (χ2v) is 4.64. The zero-order valence-corrected chi connectivity index (χ0v) is 11.9. The second-order valence-electron chi connectivity index (χ2n) is 4.64. The van der Waals surface area contributed by atoms with Gasteiger partial charge in [0.2, 0.25) is 0 Å². The molecule has 4 nitrogen and oxygen atoms in total. The number of Topliss-reactive ketones (excluding diaryl/α,β-unsaturated/α-hetero) is 1. The molecule has 0 aromatic heterocycles. The number of anilines is 1. The van der Waals surface area contributed by atoms with Crippen LogP contribution in [-0.2, 0) is 4.79 Å². The van der Waals surface area contributed by atoms with Crippen LogP contribution in [0.1, 0.15) is 25.3 Å². The van der Waals surface area contributed by atoms with Gasteiger partial charge in [-0.3, -0.25) is 4.79 Å². The monoisotopic (exact) mass is 311 g/mol. The van der Waals surface area contributed by atoms with Gasteiger partial charge in [0.25, 0.3) is 0 Å². The number of nitriles is 1. The Labute approximate surface area is 126 Å². The number of halogens is 3. The maximum absolute atomic E-state index is 12.6. The summed E-state index contributed by atoms with van der Waals surface area (Å²) in [5.41, 5.74) is 5.51. The van der Waals surface area contributed by atoms with Crippen LogP contribution >= 0.6 is 0 Å². The molecule has 7 heteroatoms. The van der Waals surface area contributed by atoms with Crippen molar-refractivity contribution in [3.63, 3.8) is 0 Å². The quantitative estimate of drug-likeness (QED) is 0.791. The predicted octanol–water partition coefficient (Wildman–Crippen LogP) is 3.11. The zero-order valence-electron chi connectivity index (χ0n) is 11.9.